The largest absolute Gasteiger partial charge is 0.464 e. The van der Waals surface area contributed by atoms with Crippen LogP contribution in [0, 0.1) is 0 Å². The van der Waals surface area contributed by atoms with Crippen LogP contribution in [0.25, 0.3) is 0 Å². The minimum absolute atomic E-state index is 0.0147. The number of esters is 3. The maximum Gasteiger partial charge on any atom is 0.339 e. The minimum atomic E-state index is -0.998. The summed E-state index contributed by atoms with van der Waals surface area (Å²) < 4.78 is 14.6. The number of carbonyl (C=O) groups is 3. The third-order valence-electron chi connectivity index (χ3n) is 2.57. The molecule has 0 spiro atoms. The van der Waals surface area contributed by atoms with Crippen molar-refractivity contribution < 1.29 is 28.6 Å². The van der Waals surface area contributed by atoms with Crippen LogP contribution in [0.2, 0.25) is 0 Å². The Morgan fingerprint density at radius 1 is 1.00 bits per heavy atom. The van der Waals surface area contributed by atoms with Gasteiger partial charge in [-0.05, 0) is 26.8 Å². The Morgan fingerprint density at radius 3 is 2.14 bits per heavy atom. The molecule has 116 valence electrons. The first-order valence-corrected chi connectivity index (χ1v) is 6.73. The van der Waals surface area contributed by atoms with Crippen molar-refractivity contribution in [3.05, 3.63) is 23.4 Å². The first-order valence-electron chi connectivity index (χ1n) is 6.73. The molecular formula is C14H19NO6. The molecule has 0 aromatic rings. The summed E-state index contributed by atoms with van der Waals surface area (Å²) in [7, 11) is 0. The Balaban J connectivity index is 3.01. The number of hydrogen-bond acceptors (Lipinski definition) is 7. The van der Waals surface area contributed by atoms with Gasteiger partial charge in [-0.2, -0.15) is 0 Å². The van der Waals surface area contributed by atoms with E-state index in [1.165, 1.54) is 12.3 Å². The number of ether oxygens (including phenoxy) is 3. The summed E-state index contributed by atoms with van der Waals surface area (Å²) in [6.45, 7) is 5.53. The fraction of sp³-hybridized carbons (Fsp3) is 0.500. The summed E-state index contributed by atoms with van der Waals surface area (Å²) in [5, 5.41) is 2.68. The molecular weight excluding hydrogens is 278 g/mol. The summed E-state index contributed by atoms with van der Waals surface area (Å²) in [5.74, 6) is -1.89. The van der Waals surface area contributed by atoms with Gasteiger partial charge in [0.15, 0.2) is 6.04 Å². The first-order chi connectivity index (χ1) is 10.0. The van der Waals surface area contributed by atoms with Gasteiger partial charge in [0.1, 0.15) is 0 Å². The number of rotatable bonds is 6. The van der Waals surface area contributed by atoms with Crippen molar-refractivity contribution in [1.82, 2.24) is 5.32 Å². The third-order valence-corrected chi connectivity index (χ3v) is 2.57. The van der Waals surface area contributed by atoms with E-state index in [1.807, 2.05) is 0 Å². The smallest absolute Gasteiger partial charge is 0.339 e. The van der Waals surface area contributed by atoms with Crippen LogP contribution >= 0.6 is 0 Å². The fourth-order valence-electron chi connectivity index (χ4n) is 1.70. The van der Waals surface area contributed by atoms with E-state index in [-0.39, 0.29) is 31.0 Å². The molecule has 1 aliphatic heterocycles. The number of nitrogens with one attached hydrogen (secondary N) is 1. The Labute approximate surface area is 122 Å². The van der Waals surface area contributed by atoms with Crippen molar-refractivity contribution >= 4 is 17.9 Å². The van der Waals surface area contributed by atoms with Crippen molar-refractivity contribution in [3.63, 3.8) is 0 Å². The SMILES string of the molecule is CCOC(=O)C1=CNC(C(=O)OCC)C(C(=O)OCC)=C1. The van der Waals surface area contributed by atoms with Gasteiger partial charge < -0.3 is 19.5 Å². The standard InChI is InChI=1S/C14H19NO6/c1-4-19-12(16)9-7-10(13(17)20-5-2)11(15-8-9)14(18)21-6-3/h7-8,11,15H,4-6H2,1-3H3. The van der Waals surface area contributed by atoms with Gasteiger partial charge in [0.2, 0.25) is 0 Å². The molecule has 0 amide bonds. The highest BCUT2D eigenvalue weighted by molar-refractivity contribution is 6.02. The number of carbonyl (C=O) groups excluding carboxylic acids is 3. The summed E-state index contributed by atoms with van der Waals surface area (Å²) in [6.07, 6.45) is 2.61. The van der Waals surface area contributed by atoms with Gasteiger partial charge in [-0.15, -0.1) is 0 Å². The van der Waals surface area contributed by atoms with Crippen LogP contribution < -0.4 is 5.32 Å². The monoisotopic (exact) mass is 297 g/mol. The lowest BCUT2D eigenvalue weighted by Crippen LogP contribution is -2.42. The topological polar surface area (TPSA) is 90.9 Å². The Bertz CT molecular complexity index is 480. The fourth-order valence-corrected chi connectivity index (χ4v) is 1.70. The van der Waals surface area contributed by atoms with Gasteiger partial charge in [-0.3, -0.25) is 0 Å². The molecule has 1 N–H and O–H groups in total. The molecule has 0 bridgehead atoms. The van der Waals surface area contributed by atoms with Crippen molar-refractivity contribution in [2.75, 3.05) is 19.8 Å². The van der Waals surface area contributed by atoms with Crippen LogP contribution in [0.15, 0.2) is 23.4 Å². The molecule has 0 aliphatic carbocycles. The van der Waals surface area contributed by atoms with E-state index in [4.69, 9.17) is 14.2 Å². The van der Waals surface area contributed by atoms with Gasteiger partial charge >= 0.3 is 17.9 Å². The van der Waals surface area contributed by atoms with Crippen molar-refractivity contribution in [3.8, 4) is 0 Å². The molecule has 0 fully saturated rings. The quantitative estimate of drug-likeness (QED) is 0.562. The minimum Gasteiger partial charge on any atom is -0.464 e. The zero-order valence-corrected chi connectivity index (χ0v) is 12.3. The molecule has 1 heterocycles. The summed E-state index contributed by atoms with van der Waals surface area (Å²) in [6, 6.07) is -0.998. The van der Waals surface area contributed by atoms with Crippen LogP contribution in [0.1, 0.15) is 20.8 Å². The molecule has 7 heteroatoms. The van der Waals surface area contributed by atoms with Crippen LogP contribution in [-0.4, -0.2) is 43.8 Å². The maximum absolute atomic E-state index is 11.9. The molecule has 0 aromatic carbocycles. The van der Waals surface area contributed by atoms with E-state index in [9.17, 15) is 14.4 Å². The van der Waals surface area contributed by atoms with Crippen molar-refractivity contribution in [2.45, 2.75) is 26.8 Å². The second-order valence-electron chi connectivity index (χ2n) is 3.99. The Morgan fingerprint density at radius 2 is 1.57 bits per heavy atom. The van der Waals surface area contributed by atoms with Gasteiger partial charge in [-0.1, -0.05) is 0 Å². The van der Waals surface area contributed by atoms with Gasteiger partial charge in [0.25, 0.3) is 0 Å². The van der Waals surface area contributed by atoms with Gasteiger partial charge in [0.05, 0.1) is 31.0 Å². The zero-order chi connectivity index (χ0) is 15.8. The van der Waals surface area contributed by atoms with Gasteiger partial charge in [0, 0.05) is 6.20 Å². The highest BCUT2D eigenvalue weighted by Gasteiger charge is 2.33. The molecule has 1 atom stereocenters. The van der Waals surface area contributed by atoms with E-state index in [0.29, 0.717) is 0 Å². The highest BCUT2D eigenvalue weighted by Crippen LogP contribution is 2.17. The van der Waals surface area contributed by atoms with Crippen molar-refractivity contribution in [2.24, 2.45) is 0 Å². The van der Waals surface area contributed by atoms with Crippen LogP contribution in [-0.2, 0) is 28.6 Å². The molecule has 0 aromatic heterocycles. The van der Waals surface area contributed by atoms with E-state index in [0.717, 1.165) is 0 Å². The third kappa shape index (κ3) is 4.34. The first kappa shape index (κ1) is 16.7. The second kappa shape index (κ2) is 8.08. The lowest BCUT2D eigenvalue weighted by molar-refractivity contribution is -0.148. The molecule has 1 rings (SSSR count). The maximum atomic E-state index is 11.9. The van der Waals surface area contributed by atoms with E-state index >= 15 is 0 Å². The Kier molecular flexibility index (Phi) is 6.45. The summed E-state index contributed by atoms with van der Waals surface area (Å²) >= 11 is 0. The molecule has 0 saturated heterocycles. The van der Waals surface area contributed by atoms with E-state index < -0.39 is 23.9 Å². The normalized spacial score (nSPS) is 17.0. The molecule has 0 radical (unpaired) electrons. The Hall–Kier alpha value is -2.31. The van der Waals surface area contributed by atoms with Crippen molar-refractivity contribution in [1.29, 1.82) is 0 Å². The van der Waals surface area contributed by atoms with Crippen LogP contribution in [0.3, 0.4) is 0 Å². The average Bonchev–Trinajstić information content (AvgIpc) is 2.47. The predicted octanol–water partition coefficient (Wildman–Crippen LogP) is 0.458. The molecule has 1 aliphatic rings. The zero-order valence-electron chi connectivity index (χ0n) is 12.3. The lowest BCUT2D eigenvalue weighted by Gasteiger charge is -2.22. The lowest BCUT2D eigenvalue weighted by atomic mass is 10.0. The second-order valence-corrected chi connectivity index (χ2v) is 3.99. The predicted molar refractivity (Wildman–Crippen MR) is 73.0 cm³/mol. The molecule has 1 unspecified atom stereocenters. The van der Waals surface area contributed by atoms with Gasteiger partial charge in [-0.25, -0.2) is 14.4 Å². The molecule has 7 nitrogen and oxygen atoms in total. The molecule has 0 saturated carbocycles. The number of hydrogen-bond donors (Lipinski definition) is 1. The van der Waals surface area contributed by atoms with Crippen LogP contribution in [0.4, 0.5) is 0 Å². The molecule has 21 heavy (non-hydrogen) atoms. The number of dihydropyridines is 1. The summed E-state index contributed by atoms with van der Waals surface area (Å²) in [4.78, 5) is 35.4. The van der Waals surface area contributed by atoms with E-state index in [2.05, 4.69) is 5.32 Å². The average molecular weight is 297 g/mol. The van der Waals surface area contributed by atoms with Crippen LogP contribution in [0.5, 0.6) is 0 Å². The van der Waals surface area contributed by atoms with E-state index in [1.54, 1.807) is 20.8 Å². The highest BCUT2D eigenvalue weighted by atomic mass is 16.5. The summed E-state index contributed by atoms with van der Waals surface area (Å²) in [5.41, 5.74) is 0.154.